The maximum atomic E-state index is 12.1. The lowest BCUT2D eigenvalue weighted by Crippen LogP contribution is -2.11. The number of aromatic hydroxyl groups is 1. The molecule has 0 amide bonds. The molecule has 2 aromatic carbocycles. The predicted molar refractivity (Wildman–Crippen MR) is 105 cm³/mol. The van der Waals surface area contributed by atoms with Crippen molar-refractivity contribution in [2.24, 2.45) is 0 Å². The molecule has 134 valence electrons. The number of methoxy groups -OCH3 is 1. The van der Waals surface area contributed by atoms with Gasteiger partial charge in [-0.3, -0.25) is 0 Å². The zero-order valence-electron chi connectivity index (χ0n) is 14.3. The molecule has 0 fully saturated rings. The van der Waals surface area contributed by atoms with Crippen molar-refractivity contribution in [1.29, 1.82) is 0 Å². The van der Waals surface area contributed by atoms with Gasteiger partial charge >= 0.3 is 5.69 Å². The topological polar surface area (TPSA) is 88.1 Å². The minimum Gasteiger partial charge on any atom is -0.504 e. The van der Waals surface area contributed by atoms with E-state index in [2.05, 4.69) is 15.0 Å². The van der Waals surface area contributed by atoms with E-state index in [1.165, 1.54) is 13.2 Å². The Labute approximate surface area is 158 Å². The van der Waals surface area contributed by atoms with Crippen LogP contribution in [0.3, 0.4) is 0 Å². The number of thiazole rings is 1. The summed E-state index contributed by atoms with van der Waals surface area (Å²) in [5, 5.41) is 11.7. The van der Waals surface area contributed by atoms with Gasteiger partial charge in [0.15, 0.2) is 11.5 Å². The molecule has 0 spiro atoms. The number of hydrogen-bond acceptors (Lipinski definition) is 6. The molecule has 6 nitrogen and oxygen atoms in total. The Bertz CT molecular complexity index is 1140. The molecule has 0 aliphatic heterocycles. The molecule has 2 aromatic heterocycles. The highest BCUT2D eigenvalue weighted by Crippen LogP contribution is 2.31. The Morgan fingerprint density at radius 2 is 1.74 bits per heavy atom. The van der Waals surface area contributed by atoms with Crippen LogP contribution in [0.15, 0.2) is 64.2 Å². The Morgan fingerprint density at radius 1 is 1.00 bits per heavy atom. The van der Waals surface area contributed by atoms with Gasteiger partial charge in [-0.15, -0.1) is 11.3 Å². The standard InChI is InChI=1S/C20H15N3O3S/c1-26-19-8-14(6-7-18(19)24)16-9-15(22-20(25)23-16)12-2-4-13(5-3-12)17-10-27-11-21-17/h2-11,24H,1H3,(H,22,23,25). The van der Waals surface area contributed by atoms with E-state index in [1.807, 2.05) is 29.6 Å². The van der Waals surface area contributed by atoms with Crippen molar-refractivity contribution in [3.63, 3.8) is 0 Å². The van der Waals surface area contributed by atoms with Crippen molar-refractivity contribution in [2.45, 2.75) is 0 Å². The summed E-state index contributed by atoms with van der Waals surface area (Å²) in [6.45, 7) is 0. The van der Waals surface area contributed by atoms with E-state index < -0.39 is 5.69 Å². The molecule has 0 unspecified atom stereocenters. The zero-order valence-corrected chi connectivity index (χ0v) is 15.2. The minimum absolute atomic E-state index is 0.0314. The minimum atomic E-state index is -0.446. The fraction of sp³-hybridized carbons (Fsp3) is 0.0500. The first-order valence-corrected chi connectivity index (χ1v) is 9.06. The van der Waals surface area contributed by atoms with Crippen LogP contribution in [-0.4, -0.2) is 27.2 Å². The maximum absolute atomic E-state index is 12.1. The van der Waals surface area contributed by atoms with E-state index in [4.69, 9.17) is 4.74 Å². The highest BCUT2D eigenvalue weighted by molar-refractivity contribution is 7.07. The van der Waals surface area contributed by atoms with E-state index in [0.717, 1.165) is 16.8 Å². The molecule has 0 saturated carbocycles. The zero-order chi connectivity index (χ0) is 18.8. The summed E-state index contributed by atoms with van der Waals surface area (Å²) >= 11 is 1.55. The number of rotatable bonds is 4. The first kappa shape index (κ1) is 17.0. The summed E-state index contributed by atoms with van der Waals surface area (Å²) in [5.74, 6) is 0.354. The number of phenols is 1. The lowest BCUT2D eigenvalue weighted by molar-refractivity contribution is 0.373. The third kappa shape index (κ3) is 3.45. The van der Waals surface area contributed by atoms with Gasteiger partial charge in [-0.1, -0.05) is 24.3 Å². The monoisotopic (exact) mass is 377 g/mol. The lowest BCUT2D eigenvalue weighted by Gasteiger charge is -2.08. The summed E-state index contributed by atoms with van der Waals surface area (Å²) < 4.78 is 5.13. The smallest absolute Gasteiger partial charge is 0.345 e. The van der Waals surface area contributed by atoms with Crippen molar-refractivity contribution in [3.8, 4) is 45.3 Å². The molecular weight excluding hydrogens is 362 g/mol. The van der Waals surface area contributed by atoms with Gasteiger partial charge in [-0.25, -0.2) is 9.78 Å². The van der Waals surface area contributed by atoms with Crippen molar-refractivity contribution in [3.05, 3.63) is 69.9 Å². The average Bonchev–Trinajstić information content (AvgIpc) is 3.23. The van der Waals surface area contributed by atoms with Crippen molar-refractivity contribution in [2.75, 3.05) is 7.11 Å². The number of benzene rings is 2. The van der Waals surface area contributed by atoms with Gasteiger partial charge in [0.1, 0.15) is 0 Å². The third-order valence-corrected chi connectivity index (χ3v) is 4.73. The first-order chi connectivity index (χ1) is 13.1. The second-order valence-electron chi connectivity index (χ2n) is 5.82. The number of phenolic OH excluding ortho intramolecular Hbond substituents is 1. The van der Waals surface area contributed by atoms with Gasteiger partial charge < -0.3 is 14.8 Å². The molecule has 0 aliphatic carbocycles. The van der Waals surface area contributed by atoms with Crippen LogP contribution < -0.4 is 10.4 Å². The van der Waals surface area contributed by atoms with Crippen LogP contribution in [0.4, 0.5) is 0 Å². The van der Waals surface area contributed by atoms with E-state index in [-0.39, 0.29) is 5.75 Å². The molecule has 0 radical (unpaired) electrons. The van der Waals surface area contributed by atoms with Gasteiger partial charge in [0, 0.05) is 16.5 Å². The Hall–Kier alpha value is -3.45. The number of nitrogens with one attached hydrogen (secondary N) is 1. The molecular formula is C20H15N3O3S. The number of H-pyrrole nitrogens is 1. The number of aromatic nitrogens is 3. The van der Waals surface area contributed by atoms with Crippen LogP contribution in [0.1, 0.15) is 0 Å². The second kappa shape index (κ2) is 7.05. The van der Waals surface area contributed by atoms with Gasteiger partial charge in [0.2, 0.25) is 0 Å². The highest BCUT2D eigenvalue weighted by Gasteiger charge is 2.09. The number of ether oxygens (including phenoxy) is 1. The molecule has 4 rings (SSSR count). The van der Waals surface area contributed by atoms with E-state index >= 15 is 0 Å². The molecule has 0 bridgehead atoms. The summed E-state index contributed by atoms with van der Waals surface area (Å²) in [5.41, 5.74) is 5.97. The molecule has 0 saturated heterocycles. The summed E-state index contributed by atoms with van der Waals surface area (Å²) in [6.07, 6.45) is 0. The Kier molecular flexibility index (Phi) is 4.43. The number of hydrogen-bond donors (Lipinski definition) is 2. The van der Waals surface area contributed by atoms with Crippen molar-refractivity contribution < 1.29 is 9.84 Å². The molecule has 7 heteroatoms. The molecule has 4 aromatic rings. The SMILES string of the molecule is COc1cc(-c2cc(-c3ccc(-c4cscn4)cc3)[nH]c(=O)n2)ccc1O. The molecule has 2 heterocycles. The molecule has 27 heavy (non-hydrogen) atoms. The highest BCUT2D eigenvalue weighted by atomic mass is 32.1. The quantitative estimate of drug-likeness (QED) is 0.562. The van der Waals surface area contributed by atoms with Crippen LogP contribution in [0.5, 0.6) is 11.5 Å². The lowest BCUT2D eigenvalue weighted by atomic mass is 10.0. The molecule has 0 atom stereocenters. The number of aromatic amines is 1. The largest absolute Gasteiger partial charge is 0.504 e. The third-order valence-electron chi connectivity index (χ3n) is 4.14. The summed E-state index contributed by atoms with van der Waals surface area (Å²) in [7, 11) is 1.47. The Morgan fingerprint density at radius 3 is 2.44 bits per heavy atom. The number of nitrogens with zero attached hydrogens (tertiary/aromatic N) is 2. The normalized spacial score (nSPS) is 10.7. The van der Waals surface area contributed by atoms with E-state index in [1.54, 1.807) is 35.0 Å². The average molecular weight is 377 g/mol. The Balaban J connectivity index is 1.73. The summed E-state index contributed by atoms with van der Waals surface area (Å²) in [4.78, 5) is 23.2. The van der Waals surface area contributed by atoms with Crippen LogP contribution in [-0.2, 0) is 0 Å². The predicted octanol–water partition coefficient (Wildman–Crippen LogP) is 3.94. The van der Waals surface area contributed by atoms with Crippen molar-refractivity contribution in [1.82, 2.24) is 15.0 Å². The van der Waals surface area contributed by atoms with Gasteiger partial charge in [0.25, 0.3) is 0 Å². The van der Waals surface area contributed by atoms with Crippen LogP contribution in [0.25, 0.3) is 33.8 Å². The second-order valence-corrected chi connectivity index (χ2v) is 6.54. The van der Waals surface area contributed by atoms with Crippen LogP contribution >= 0.6 is 11.3 Å². The molecule has 0 aliphatic rings. The van der Waals surface area contributed by atoms with Gasteiger partial charge in [-0.2, -0.15) is 4.98 Å². The fourth-order valence-electron chi connectivity index (χ4n) is 2.77. The van der Waals surface area contributed by atoms with Crippen LogP contribution in [0.2, 0.25) is 0 Å². The molecule has 2 N–H and O–H groups in total. The van der Waals surface area contributed by atoms with E-state index in [0.29, 0.717) is 22.7 Å². The van der Waals surface area contributed by atoms with Crippen molar-refractivity contribution >= 4 is 11.3 Å². The van der Waals surface area contributed by atoms with Crippen LogP contribution in [0, 0.1) is 0 Å². The maximum Gasteiger partial charge on any atom is 0.345 e. The first-order valence-electron chi connectivity index (χ1n) is 8.12. The van der Waals surface area contributed by atoms with Gasteiger partial charge in [-0.05, 0) is 29.8 Å². The van der Waals surface area contributed by atoms with Gasteiger partial charge in [0.05, 0.1) is 29.7 Å². The fourth-order valence-corrected chi connectivity index (χ4v) is 3.33. The van der Waals surface area contributed by atoms with E-state index in [9.17, 15) is 9.90 Å². The summed E-state index contributed by atoms with van der Waals surface area (Å²) in [6, 6.07) is 14.4.